The van der Waals surface area contributed by atoms with Crippen LogP contribution in [-0.2, 0) is 12.8 Å². The van der Waals surface area contributed by atoms with Gasteiger partial charge in [-0.2, -0.15) is 0 Å². The van der Waals surface area contributed by atoms with Crippen LogP contribution in [0.1, 0.15) is 42.5 Å². The standard InChI is InChI=1S/C14H18N2O/c1-3-10-6-5-7-11(4-2)12(10)13(17)14-15-8-9-16-14/h5-9,13,17H,3-4H2,1-2H3,(H,15,16). The van der Waals surface area contributed by atoms with Gasteiger partial charge in [-0.25, -0.2) is 4.98 Å². The number of benzene rings is 1. The highest BCUT2D eigenvalue weighted by molar-refractivity contribution is 5.39. The monoisotopic (exact) mass is 230 g/mol. The number of H-pyrrole nitrogens is 1. The van der Waals surface area contributed by atoms with Crippen LogP contribution in [0.25, 0.3) is 0 Å². The SMILES string of the molecule is CCc1cccc(CC)c1C(O)c1ncc[nH]1. The van der Waals surface area contributed by atoms with Crippen molar-refractivity contribution in [1.82, 2.24) is 9.97 Å². The Balaban J connectivity index is 2.49. The molecule has 0 aliphatic carbocycles. The molecule has 3 heteroatoms. The maximum absolute atomic E-state index is 10.4. The Morgan fingerprint density at radius 2 is 1.88 bits per heavy atom. The molecule has 1 atom stereocenters. The van der Waals surface area contributed by atoms with Crippen molar-refractivity contribution in [3.8, 4) is 0 Å². The second-order valence-electron chi connectivity index (χ2n) is 4.07. The third-order valence-corrected chi connectivity index (χ3v) is 3.10. The van der Waals surface area contributed by atoms with Crippen LogP contribution in [0.2, 0.25) is 0 Å². The predicted octanol–water partition coefficient (Wildman–Crippen LogP) is 2.62. The Kier molecular flexibility index (Phi) is 3.59. The fraction of sp³-hybridized carbons (Fsp3) is 0.357. The summed E-state index contributed by atoms with van der Waals surface area (Å²) < 4.78 is 0. The Bertz CT molecular complexity index is 455. The molecule has 0 aliphatic rings. The molecule has 0 spiro atoms. The minimum absolute atomic E-state index is 0.612. The lowest BCUT2D eigenvalue weighted by atomic mass is 9.93. The molecule has 0 amide bonds. The van der Waals surface area contributed by atoms with Crippen LogP contribution >= 0.6 is 0 Å². The molecule has 2 aromatic rings. The first-order chi connectivity index (χ1) is 8.27. The molecule has 1 heterocycles. The molecular weight excluding hydrogens is 212 g/mol. The minimum Gasteiger partial charge on any atom is -0.380 e. The fourth-order valence-electron chi connectivity index (χ4n) is 2.20. The van der Waals surface area contributed by atoms with Gasteiger partial charge < -0.3 is 10.1 Å². The number of imidazole rings is 1. The summed E-state index contributed by atoms with van der Waals surface area (Å²) in [5.74, 6) is 0.612. The molecule has 90 valence electrons. The van der Waals surface area contributed by atoms with Gasteiger partial charge >= 0.3 is 0 Å². The van der Waals surface area contributed by atoms with Gasteiger partial charge in [-0.3, -0.25) is 0 Å². The van der Waals surface area contributed by atoms with Crippen molar-refractivity contribution in [3.63, 3.8) is 0 Å². The van der Waals surface area contributed by atoms with Crippen molar-refractivity contribution in [3.05, 3.63) is 53.1 Å². The summed E-state index contributed by atoms with van der Waals surface area (Å²) in [5, 5.41) is 10.4. The summed E-state index contributed by atoms with van der Waals surface area (Å²) in [6.07, 6.45) is 4.58. The van der Waals surface area contributed by atoms with Crippen molar-refractivity contribution in [2.24, 2.45) is 0 Å². The number of aromatic nitrogens is 2. The number of hydrogen-bond donors (Lipinski definition) is 2. The van der Waals surface area contributed by atoms with Crippen LogP contribution in [0.4, 0.5) is 0 Å². The topological polar surface area (TPSA) is 48.9 Å². The molecule has 0 saturated carbocycles. The number of nitrogens with one attached hydrogen (secondary N) is 1. The number of hydrogen-bond acceptors (Lipinski definition) is 2. The Morgan fingerprint density at radius 1 is 1.24 bits per heavy atom. The van der Waals surface area contributed by atoms with Crippen molar-refractivity contribution >= 4 is 0 Å². The molecule has 2 N–H and O–H groups in total. The molecular formula is C14H18N2O. The van der Waals surface area contributed by atoms with E-state index in [1.807, 2.05) is 0 Å². The van der Waals surface area contributed by atoms with Crippen LogP contribution < -0.4 is 0 Å². The van der Waals surface area contributed by atoms with E-state index in [0.717, 1.165) is 18.4 Å². The highest BCUT2D eigenvalue weighted by Crippen LogP contribution is 2.27. The van der Waals surface area contributed by atoms with E-state index >= 15 is 0 Å². The molecule has 3 nitrogen and oxygen atoms in total. The van der Waals surface area contributed by atoms with Gasteiger partial charge in [0.1, 0.15) is 11.9 Å². The molecule has 1 aromatic carbocycles. The van der Waals surface area contributed by atoms with Gasteiger partial charge in [0.05, 0.1) is 0 Å². The van der Waals surface area contributed by atoms with E-state index < -0.39 is 6.10 Å². The first-order valence-electron chi connectivity index (χ1n) is 6.05. The predicted molar refractivity (Wildman–Crippen MR) is 67.8 cm³/mol. The van der Waals surface area contributed by atoms with E-state index in [1.54, 1.807) is 12.4 Å². The van der Waals surface area contributed by atoms with Crippen LogP contribution in [0.5, 0.6) is 0 Å². The Morgan fingerprint density at radius 3 is 2.35 bits per heavy atom. The lowest BCUT2D eigenvalue weighted by Gasteiger charge is -2.17. The number of aromatic amines is 1. The van der Waals surface area contributed by atoms with E-state index in [9.17, 15) is 5.11 Å². The van der Waals surface area contributed by atoms with E-state index in [0.29, 0.717) is 5.82 Å². The average Bonchev–Trinajstić information content (AvgIpc) is 2.90. The molecule has 0 saturated heterocycles. The largest absolute Gasteiger partial charge is 0.380 e. The van der Waals surface area contributed by atoms with Gasteiger partial charge in [0.15, 0.2) is 0 Å². The zero-order valence-electron chi connectivity index (χ0n) is 10.3. The molecule has 0 fully saturated rings. The summed E-state index contributed by atoms with van der Waals surface area (Å²) in [5.41, 5.74) is 3.38. The summed E-state index contributed by atoms with van der Waals surface area (Å²) in [6.45, 7) is 4.21. The van der Waals surface area contributed by atoms with Crippen molar-refractivity contribution < 1.29 is 5.11 Å². The van der Waals surface area contributed by atoms with Crippen molar-refractivity contribution in [2.75, 3.05) is 0 Å². The number of aliphatic hydroxyl groups excluding tert-OH is 1. The molecule has 0 radical (unpaired) electrons. The second-order valence-corrected chi connectivity index (χ2v) is 4.07. The summed E-state index contributed by atoms with van der Waals surface area (Å²) in [4.78, 5) is 7.11. The normalized spacial score (nSPS) is 12.6. The quantitative estimate of drug-likeness (QED) is 0.848. The van der Waals surface area contributed by atoms with Crippen molar-refractivity contribution in [1.29, 1.82) is 0 Å². The number of aryl methyl sites for hydroxylation is 2. The number of aliphatic hydroxyl groups is 1. The Labute approximate surface area is 102 Å². The van der Waals surface area contributed by atoms with Crippen LogP contribution in [0, 0.1) is 0 Å². The summed E-state index contributed by atoms with van der Waals surface area (Å²) >= 11 is 0. The molecule has 2 rings (SSSR count). The first-order valence-corrected chi connectivity index (χ1v) is 6.05. The number of rotatable bonds is 4. The van der Waals surface area contributed by atoms with E-state index in [4.69, 9.17) is 0 Å². The lowest BCUT2D eigenvalue weighted by molar-refractivity contribution is 0.209. The van der Waals surface area contributed by atoms with Crippen LogP contribution in [-0.4, -0.2) is 15.1 Å². The van der Waals surface area contributed by atoms with Gasteiger partial charge in [0.25, 0.3) is 0 Å². The van der Waals surface area contributed by atoms with Crippen LogP contribution in [0.15, 0.2) is 30.6 Å². The van der Waals surface area contributed by atoms with Gasteiger partial charge in [-0.05, 0) is 29.5 Å². The summed E-state index contributed by atoms with van der Waals surface area (Å²) in [6, 6.07) is 6.19. The lowest BCUT2D eigenvalue weighted by Crippen LogP contribution is -2.08. The number of nitrogens with zero attached hydrogens (tertiary/aromatic N) is 1. The average molecular weight is 230 g/mol. The minimum atomic E-state index is -0.656. The van der Waals surface area contributed by atoms with Gasteiger partial charge in [0.2, 0.25) is 0 Å². The highest BCUT2D eigenvalue weighted by atomic mass is 16.3. The molecule has 0 bridgehead atoms. The smallest absolute Gasteiger partial charge is 0.139 e. The van der Waals surface area contributed by atoms with Gasteiger partial charge in [-0.15, -0.1) is 0 Å². The highest BCUT2D eigenvalue weighted by Gasteiger charge is 2.18. The van der Waals surface area contributed by atoms with Gasteiger partial charge in [0, 0.05) is 12.4 Å². The van der Waals surface area contributed by atoms with E-state index in [1.165, 1.54) is 11.1 Å². The van der Waals surface area contributed by atoms with Gasteiger partial charge in [-0.1, -0.05) is 32.0 Å². The fourth-order valence-corrected chi connectivity index (χ4v) is 2.20. The molecule has 1 aromatic heterocycles. The summed E-state index contributed by atoms with van der Waals surface area (Å²) in [7, 11) is 0. The second kappa shape index (κ2) is 5.15. The maximum atomic E-state index is 10.4. The first kappa shape index (κ1) is 11.9. The third kappa shape index (κ3) is 2.24. The third-order valence-electron chi connectivity index (χ3n) is 3.10. The van der Waals surface area contributed by atoms with Crippen molar-refractivity contribution in [2.45, 2.75) is 32.8 Å². The molecule has 1 unspecified atom stereocenters. The van der Waals surface area contributed by atoms with E-state index in [2.05, 4.69) is 42.0 Å². The maximum Gasteiger partial charge on any atom is 0.139 e. The molecule has 17 heavy (non-hydrogen) atoms. The van der Waals surface area contributed by atoms with E-state index in [-0.39, 0.29) is 0 Å². The molecule has 0 aliphatic heterocycles. The van der Waals surface area contributed by atoms with Crippen LogP contribution in [0.3, 0.4) is 0 Å². The zero-order chi connectivity index (χ0) is 12.3. The zero-order valence-corrected chi connectivity index (χ0v) is 10.3. The Hall–Kier alpha value is -1.61.